The van der Waals surface area contributed by atoms with E-state index in [9.17, 15) is 9.90 Å². The number of hydrogen-bond acceptors (Lipinski definition) is 3. The second kappa shape index (κ2) is 4.01. The molecule has 1 aliphatic rings. The van der Waals surface area contributed by atoms with Crippen LogP contribution in [0.4, 0.5) is 0 Å². The van der Waals surface area contributed by atoms with Gasteiger partial charge in [0.1, 0.15) is 11.3 Å². The molecule has 17 heavy (non-hydrogen) atoms. The van der Waals surface area contributed by atoms with Crippen LogP contribution in [0, 0.1) is 6.92 Å². The molecule has 0 radical (unpaired) electrons. The van der Waals surface area contributed by atoms with Gasteiger partial charge in [-0.05, 0) is 36.8 Å². The van der Waals surface area contributed by atoms with Crippen LogP contribution in [0.1, 0.15) is 49.3 Å². The van der Waals surface area contributed by atoms with Crippen LogP contribution in [0.15, 0.2) is 17.1 Å². The summed E-state index contributed by atoms with van der Waals surface area (Å²) in [4.78, 5) is 14.4. The summed E-state index contributed by atoms with van der Waals surface area (Å²) in [7, 11) is 0. The van der Waals surface area contributed by atoms with E-state index >= 15 is 0 Å². The van der Waals surface area contributed by atoms with E-state index in [1.54, 1.807) is 6.08 Å². The Bertz CT molecular complexity index is 495. The quantitative estimate of drug-likeness (QED) is 0.641. The number of aromatic hydroxyl groups is 1. The number of phenols is 1. The summed E-state index contributed by atoms with van der Waals surface area (Å²) in [6, 6.07) is 3.93. The Kier molecular flexibility index (Phi) is 2.80. The van der Waals surface area contributed by atoms with E-state index in [0.29, 0.717) is 5.75 Å². The first kappa shape index (κ1) is 11.9. The number of rotatable bonds is 3. The number of nitrogens with zero attached hydrogens (tertiary/aromatic N) is 1. The number of carbonyl (C=O) groups excluding carboxylic acids is 1. The van der Waals surface area contributed by atoms with Gasteiger partial charge in [-0.15, -0.1) is 0 Å². The van der Waals surface area contributed by atoms with Crippen molar-refractivity contribution in [2.24, 2.45) is 4.99 Å². The SMILES string of the molecule is Cc1ccc(C(C)C)c(O)c1C1(N=C=O)CC1. The van der Waals surface area contributed by atoms with Crippen molar-refractivity contribution >= 4 is 6.08 Å². The Balaban J connectivity index is 2.61. The molecule has 2 rings (SSSR count). The minimum Gasteiger partial charge on any atom is -0.507 e. The summed E-state index contributed by atoms with van der Waals surface area (Å²) in [6.45, 7) is 6.02. The van der Waals surface area contributed by atoms with Gasteiger partial charge in [-0.2, -0.15) is 4.99 Å². The molecular formula is C14H17NO2. The van der Waals surface area contributed by atoms with Crippen LogP contribution in [0.25, 0.3) is 0 Å². The number of benzene rings is 1. The lowest BCUT2D eigenvalue weighted by molar-refractivity contribution is 0.448. The highest BCUT2D eigenvalue weighted by Crippen LogP contribution is 2.54. The number of isocyanates is 1. The van der Waals surface area contributed by atoms with E-state index in [-0.39, 0.29) is 5.92 Å². The predicted octanol–water partition coefficient (Wildman–Crippen LogP) is 3.15. The molecule has 0 unspecified atom stereocenters. The van der Waals surface area contributed by atoms with Crippen molar-refractivity contribution < 1.29 is 9.90 Å². The van der Waals surface area contributed by atoms with Gasteiger partial charge in [0.2, 0.25) is 6.08 Å². The van der Waals surface area contributed by atoms with Gasteiger partial charge < -0.3 is 5.11 Å². The predicted molar refractivity (Wildman–Crippen MR) is 66.0 cm³/mol. The lowest BCUT2D eigenvalue weighted by atomic mass is 9.91. The summed E-state index contributed by atoms with van der Waals surface area (Å²) in [5.41, 5.74) is 2.22. The second-order valence-corrected chi connectivity index (χ2v) is 5.08. The lowest BCUT2D eigenvalue weighted by Crippen LogP contribution is -2.07. The highest BCUT2D eigenvalue weighted by molar-refractivity contribution is 5.54. The monoisotopic (exact) mass is 231 g/mol. The van der Waals surface area contributed by atoms with Crippen LogP contribution in [0.5, 0.6) is 5.75 Å². The molecule has 3 heteroatoms. The van der Waals surface area contributed by atoms with Crippen molar-refractivity contribution in [3.63, 3.8) is 0 Å². The van der Waals surface area contributed by atoms with Crippen molar-refractivity contribution in [3.05, 3.63) is 28.8 Å². The zero-order valence-electron chi connectivity index (χ0n) is 10.4. The van der Waals surface area contributed by atoms with Crippen LogP contribution in [0.2, 0.25) is 0 Å². The Morgan fingerprint density at radius 1 is 1.41 bits per heavy atom. The number of aryl methyl sites for hydroxylation is 1. The summed E-state index contributed by atoms with van der Waals surface area (Å²) in [6.07, 6.45) is 3.27. The zero-order valence-corrected chi connectivity index (χ0v) is 10.4. The van der Waals surface area contributed by atoms with Crippen LogP contribution in [-0.4, -0.2) is 11.2 Å². The molecule has 1 saturated carbocycles. The molecule has 1 fully saturated rings. The summed E-state index contributed by atoms with van der Waals surface area (Å²) in [5, 5.41) is 10.4. The fraction of sp³-hybridized carbons (Fsp3) is 0.500. The highest BCUT2D eigenvalue weighted by atomic mass is 16.3. The zero-order chi connectivity index (χ0) is 12.6. The molecule has 90 valence electrons. The van der Waals surface area contributed by atoms with Gasteiger partial charge in [-0.1, -0.05) is 26.0 Å². The van der Waals surface area contributed by atoms with Crippen molar-refractivity contribution in [3.8, 4) is 5.75 Å². The van der Waals surface area contributed by atoms with Gasteiger partial charge in [-0.3, -0.25) is 0 Å². The van der Waals surface area contributed by atoms with Gasteiger partial charge in [-0.25, -0.2) is 4.79 Å². The maximum atomic E-state index is 10.5. The van der Waals surface area contributed by atoms with Gasteiger partial charge >= 0.3 is 0 Å². The van der Waals surface area contributed by atoms with E-state index in [4.69, 9.17) is 0 Å². The van der Waals surface area contributed by atoms with Gasteiger partial charge in [0, 0.05) is 5.56 Å². The van der Waals surface area contributed by atoms with Gasteiger partial charge in [0.25, 0.3) is 0 Å². The second-order valence-electron chi connectivity index (χ2n) is 5.08. The third-order valence-corrected chi connectivity index (χ3v) is 3.49. The minimum absolute atomic E-state index is 0.255. The van der Waals surface area contributed by atoms with E-state index in [2.05, 4.69) is 4.99 Å². The van der Waals surface area contributed by atoms with Gasteiger partial charge in [0.05, 0.1) is 0 Å². The average Bonchev–Trinajstić information content (AvgIpc) is 2.98. The van der Waals surface area contributed by atoms with Crippen molar-refractivity contribution in [2.45, 2.75) is 45.1 Å². The molecule has 0 atom stereocenters. The Hall–Kier alpha value is -1.60. The maximum Gasteiger partial charge on any atom is 0.235 e. The van der Waals surface area contributed by atoms with E-state index < -0.39 is 5.54 Å². The first-order chi connectivity index (χ1) is 8.02. The molecule has 0 saturated heterocycles. The van der Waals surface area contributed by atoms with E-state index in [1.165, 1.54) is 0 Å². The topological polar surface area (TPSA) is 49.7 Å². The molecule has 0 bridgehead atoms. The molecule has 1 N–H and O–H groups in total. The Morgan fingerprint density at radius 2 is 2.06 bits per heavy atom. The fourth-order valence-electron chi connectivity index (χ4n) is 2.38. The van der Waals surface area contributed by atoms with Crippen molar-refractivity contribution in [1.82, 2.24) is 0 Å². The standard InChI is InChI=1S/C14H17NO2/c1-9(2)11-5-4-10(3)12(13(11)17)14(6-7-14)15-8-16/h4-5,9,17H,6-7H2,1-3H3. The molecular weight excluding hydrogens is 214 g/mol. The lowest BCUT2D eigenvalue weighted by Gasteiger charge is -2.18. The third-order valence-electron chi connectivity index (χ3n) is 3.49. The van der Waals surface area contributed by atoms with E-state index in [0.717, 1.165) is 29.5 Å². The molecule has 1 aliphatic carbocycles. The van der Waals surface area contributed by atoms with Crippen LogP contribution in [-0.2, 0) is 10.3 Å². The molecule has 1 aromatic rings. The molecule has 1 aromatic carbocycles. The molecule has 0 heterocycles. The molecule has 0 aromatic heterocycles. The molecule has 3 nitrogen and oxygen atoms in total. The van der Waals surface area contributed by atoms with Crippen LogP contribution >= 0.6 is 0 Å². The minimum atomic E-state index is -0.499. The Morgan fingerprint density at radius 3 is 2.53 bits per heavy atom. The summed E-state index contributed by atoms with van der Waals surface area (Å²) in [5.74, 6) is 0.557. The molecule has 0 amide bonds. The number of aliphatic imine (C=N–C) groups is 1. The smallest absolute Gasteiger partial charge is 0.235 e. The number of phenolic OH excluding ortho intramolecular Hbond substituents is 1. The first-order valence-corrected chi connectivity index (χ1v) is 5.94. The maximum absolute atomic E-state index is 10.5. The third kappa shape index (κ3) is 1.87. The summed E-state index contributed by atoms with van der Waals surface area (Å²) < 4.78 is 0. The average molecular weight is 231 g/mol. The first-order valence-electron chi connectivity index (χ1n) is 5.94. The van der Waals surface area contributed by atoms with Gasteiger partial charge in [0.15, 0.2) is 0 Å². The van der Waals surface area contributed by atoms with E-state index in [1.807, 2.05) is 32.9 Å². The normalized spacial score (nSPS) is 16.7. The number of hydrogen-bond donors (Lipinski definition) is 1. The van der Waals surface area contributed by atoms with Crippen molar-refractivity contribution in [2.75, 3.05) is 0 Å². The molecule has 0 spiro atoms. The molecule has 0 aliphatic heterocycles. The fourth-order valence-corrected chi connectivity index (χ4v) is 2.38. The summed E-state index contributed by atoms with van der Waals surface area (Å²) >= 11 is 0. The van der Waals surface area contributed by atoms with Crippen LogP contribution in [0.3, 0.4) is 0 Å². The Labute approximate surface area is 101 Å². The van der Waals surface area contributed by atoms with Crippen LogP contribution < -0.4 is 0 Å². The largest absolute Gasteiger partial charge is 0.507 e. The van der Waals surface area contributed by atoms with Crippen molar-refractivity contribution in [1.29, 1.82) is 0 Å². The highest BCUT2D eigenvalue weighted by Gasteiger charge is 2.48.